The minimum absolute atomic E-state index is 0.104. The van der Waals surface area contributed by atoms with Crippen molar-refractivity contribution in [3.8, 4) is 0 Å². The van der Waals surface area contributed by atoms with Crippen molar-refractivity contribution in [2.24, 2.45) is 5.29 Å². The van der Waals surface area contributed by atoms with Crippen LogP contribution >= 0.6 is 0 Å². The largest absolute Gasteiger partial charge is 0.245 e. The van der Waals surface area contributed by atoms with Gasteiger partial charge in [0.2, 0.25) is 0 Å². The van der Waals surface area contributed by atoms with E-state index in [4.69, 9.17) is 5.21 Å². The Morgan fingerprint density at radius 1 is 1.42 bits per heavy atom. The monoisotopic (exact) mass is 168 g/mol. The highest BCUT2D eigenvalue weighted by Crippen LogP contribution is 2.01. The van der Waals surface area contributed by atoms with Crippen molar-refractivity contribution in [1.82, 2.24) is 5.34 Å². The van der Waals surface area contributed by atoms with Gasteiger partial charge in [-0.05, 0) is 5.56 Å². The lowest BCUT2D eigenvalue weighted by molar-refractivity contribution is -0.349. The summed E-state index contributed by atoms with van der Waals surface area (Å²) in [5.41, 5.74) is 0.847. The smallest absolute Gasteiger partial charge is 0.107 e. The molecule has 0 saturated heterocycles. The minimum Gasteiger partial charge on any atom is -0.245 e. The van der Waals surface area contributed by atoms with Crippen LogP contribution in [0.15, 0.2) is 35.6 Å². The Bertz CT molecular complexity index is 240. The molecule has 1 N–H and O–H groups in total. The highest BCUT2D eigenvalue weighted by atomic mass is 16.9. The van der Waals surface area contributed by atoms with Gasteiger partial charge in [-0.2, -0.15) is 0 Å². The Hall–Kier alpha value is -1.46. The summed E-state index contributed by atoms with van der Waals surface area (Å²) < 4.78 is 0. The van der Waals surface area contributed by atoms with Gasteiger partial charge in [0.25, 0.3) is 0 Å². The number of benzene rings is 1. The molecule has 0 spiro atoms. The van der Waals surface area contributed by atoms with Crippen LogP contribution in [0, 0.1) is 4.91 Å². The molecule has 0 aliphatic carbocycles. The molecular formula is C7H8N2O3. The molecule has 5 nitrogen and oxygen atoms in total. The van der Waals surface area contributed by atoms with Gasteiger partial charge in [0, 0.05) is 5.34 Å². The maximum Gasteiger partial charge on any atom is 0.107 e. The predicted octanol–water partition coefficient (Wildman–Crippen LogP) is 1.49. The van der Waals surface area contributed by atoms with Crippen molar-refractivity contribution in [2.45, 2.75) is 6.61 Å². The molecule has 0 aromatic heterocycles. The third-order valence-electron chi connectivity index (χ3n) is 1.26. The summed E-state index contributed by atoms with van der Waals surface area (Å²) in [5.74, 6) is 0. The van der Waals surface area contributed by atoms with Crippen molar-refractivity contribution < 1.29 is 10.0 Å². The number of nitroso groups, excluding NO2 is 1. The van der Waals surface area contributed by atoms with Crippen LogP contribution in [0.5, 0.6) is 0 Å². The second kappa shape index (κ2) is 4.42. The first kappa shape index (κ1) is 8.63. The quantitative estimate of drug-likeness (QED) is 0.546. The fourth-order valence-electron chi connectivity index (χ4n) is 0.730. The zero-order valence-corrected chi connectivity index (χ0v) is 6.25. The van der Waals surface area contributed by atoms with Crippen LogP contribution in [0.4, 0.5) is 0 Å². The van der Waals surface area contributed by atoms with Crippen LogP contribution in [0.25, 0.3) is 0 Å². The van der Waals surface area contributed by atoms with Crippen molar-refractivity contribution in [1.29, 1.82) is 0 Å². The summed E-state index contributed by atoms with van der Waals surface area (Å²) in [6.07, 6.45) is 0. The second-order valence-electron chi connectivity index (χ2n) is 2.09. The molecular weight excluding hydrogens is 160 g/mol. The van der Waals surface area contributed by atoms with Gasteiger partial charge in [-0.25, -0.2) is 10.0 Å². The Morgan fingerprint density at radius 2 is 2.08 bits per heavy atom. The summed E-state index contributed by atoms with van der Waals surface area (Å²) in [4.78, 5) is 14.1. The van der Waals surface area contributed by atoms with E-state index in [1.54, 1.807) is 12.1 Å². The van der Waals surface area contributed by atoms with E-state index >= 15 is 0 Å². The molecule has 0 atom stereocenters. The molecule has 0 aliphatic rings. The highest BCUT2D eigenvalue weighted by molar-refractivity contribution is 5.13. The summed E-state index contributed by atoms with van der Waals surface area (Å²) >= 11 is 0. The van der Waals surface area contributed by atoms with E-state index in [0.29, 0.717) is 0 Å². The third kappa shape index (κ3) is 2.65. The van der Waals surface area contributed by atoms with Crippen molar-refractivity contribution >= 4 is 0 Å². The van der Waals surface area contributed by atoms with Crippen LogP contribution in [-0.4, -0.2) is 10.5 Å². The van der Waals surface area contributed by atoms with Crippen molar-refractivity contribution in [3.63, 3.8) is 0 Å². The Morgan fingerprint density at radius 3 is 2.67 bits per heavy atom. The third-order valence-corrected chi connectivity index (χ3v) is 1.26. The molecule has 64 valence electrons. The first-order chi connectivity index (χ1) is 5.83. The van der Waals surface area contributed by atoms with Crippen LogP contribution in [0.1, 0.15) is 5.56 Å². The van der Waals surface area contributed by atoms with E-state index in [1.165, 1.54) is 0 Å². The van der Waals surface area contributed by atoms with Gasteiger partial charge < -0.3 is 0 Å². The summed E-state index contributed by atoms with van der Waals surface area (Å²) in [5, 5.41) is 10.5. The zero-order valence-electron chi connectivity index (χ0n) is 6.25. The molecule has 0 bridgehead atoms. The number of hydrogen-bond acceptors (Lipinski definition) is 4. The summed E-state index contributed by atoms with van der Waals surface area (Å²) in [7, 11) is 0. The molecule has 0 fully saturated rings. The molecule has 1 aromatic rings. The van der Waals surface area contributed by atoms with Crippen LogP contribution in [0.3, 0.4) is 0 Å². The van der Waals surface area contributed by atoms with Gasteiger partial charge in [0.1, 0.15) is 11.9 Å². The molecule has 0 radical (unpaired) electrons. The lowest BCUT2D eigenvalue weighted by atomic mass is 10.2. The van der Waals surface area contributed by atoms with Gasteiger partial charge in [-0.15, -0.1) is 4.91 Å². The van der Waals surface area contributed by atoms with E-state index in [0.717, 1.165) is 5.56 Å². The Balaban J connectivity index is 2.38. The first-order valence-electron chi connectivity index (χ1n) is 3.32. The molecule has 12 heavy (non-hydrogen) atoms. The highest BCUT2D eigenvalue weighted by Gasteiger charge is 1.97. The van der Waals surface area contributed by atoms with E-state index in [2.05, 4.69) is 10.1 Å². The standard InChI is InChI=1S/C7H8N2O3/c10-8-9(11)12-6-7-4-2-1-3-5-7/h1-5,11H,6H2. The van der Waals surface area contributed by atoms with Crippen LogP contribution < -0.4 is 0 Å². The Labute approximate surface area is 69.0 Å². The molecule has 0 unspecified atom stereocenters. The zero-order chi connectivity index (χ0) is 8.81. The molecule has 1 rings (SSSR count). The van der Waals surface area contributed by atoms with Gasteiger partial charge in [0.05, 0.1) is 0 Å². The van der Waals surface area contributed by atoms with E-state index in [1.807, 2.05) is 18.2 Å². The van der Waals surface area contributed by atoms with Gasteiger partial charge >= 0.3 is 0 Å². The van der Waals surface area contributed by atoms with E-state index in [-0.39, 0.29) is 11.9 Å². The Kier molecular flexibility index (Phi) is 3.18. The average Bonchev–Trinajstić information content (AvgIpc) is 2.16. The number of hydrogen-bond donors (Lipinski definition) is 1. The summed E-state index contributed by atoms with van der Waals surface area (Å²) in [6, 6.07) is 9.12. The maximum absolute atomic E-state index is 9.63. The molecule has 0 heterocycles. The lowest BCUT2D eigenvalue weighted by Crippen LogP contribution is -2.11. The fraction of sp³-hybridized carbons (Fsp3) is 0.143. The summed E-state index contributed by atoms with van der Waals surface area (Å²) in [6.45, 7) is 0.114. The molecule has 0 saturated carbocycles. The van der Waals surface area contributed by atoms with Crippen LogP contribution in [-0.2, 0) is 11.4 Å². The van der Waals surface area contributed by atoms with Crippen molar-refractivity contribution in [2.75, 3.05) is 0 Å². The predicted molar refractivity (Wildman–Crippen MR) is 40.7 cm³/mol. The number of nitrogens with zero attached hydrogens (tertiary/aromatic N) is 2. The van der Waals surface area contributed by atoms with Gasteiger partial charge in [0.15, 0.2) is 0 Å². The van der Waals surface area contributed by atoms with Crippen LogP contribution in [0.2, 0.25) is 0 Å². The van der Waals surface area contributed by atoms with Crippen molar-refractivity contribution in [3.05, 3.63) is 40.8 Å². The molecule has 0 amide bonds. The first-order valence-corrected chi connectivity index (χ1v) is 3.32. The van der Waals surface area contributed by atoms with Gasteiger partial charge in [-0.3, -0.25) is 0 Å². The fourth-order valence-corrected chi connectivity index (χ4v) is 0.730. The topological polar surface area (TPSA) is 62.1 Å². The second-order valence-corrected chi connectivity index (χ2v) is 2.09. The average molecular weight is 168 g/mol. The molecule has 0 aliphatic heterocycles. The molecule has 5 heteroatoms. The normalized spacial score (nSPS) is 9.42. The lowest BCUT2D eigenvalue weighted by Gasteiger charge is -2.05. The SMILES string of the molecule is O=NN(O)OCc1ccccc1. The van der Waals surface area contributed by atoms with E-state index in [9.17, 15) is 4.91 Å². The maximum atomic E-state index is 9.63. The van der Waals surface area contributed by atoms with E-state index < -0.39 is 0 Å². The van der Waals surface area contributed by atoms with Gasteiger partial charge in [-0.1, -0.05) is 30.3 Å². The minimum atomic E-state index is -0.104. The molecule has 1 aromatic carbocycles. The number of rotatable bonds is 4.